The van der Waals surface area contributed by atoms with E-state index < -0.39 is 0 Å². The molecule has 2 aliphatic carbocycles. The third kappa shape index (κ3) is 3.97. The molecule has 2 saturated carbocycles. The summed E-state index contributed by atoms with van der Waals surface area (Å²) in [6.07, 6.45) is 3.74. The maximum Gasteiger partial charge on any atom is 0.225 e. The van der Waals surface area contributed by atoms with E-state index in [4.69, 9.17) is 0 Å². The average molecular weight is 280 g/mol. The topological polar surface area (TPSA) is 23.6 Å². The zero-order valence-electron chi connectivity index (χ0n) is 13.8. The molecule has 0 aromatic rings. The predicted octanol–water partition coefficient (Wildman–Crippen LogP) is 2.86. The first-order valence-electron chi connectivity index (χ1n) is 8.56. The van der Waals surface area contributed by atoms with E-state index in [9.17, 15) is 4.79 Å². The Bertz CT molecular complexity index is 315. The van der Waals surface area contributed by atoms with Gasteiger partial charge < -0.3 is 9.80 Å². The van der Waals surface area contributed by atoms with Crippen molar-refractivity contribution in [3.05, 3.63) is 0 Å². The fraction of sp³-hybridized carbons (Fsp3) is 0.941. The molecule has 0 aliphatic heterocycles. The number of carbonyl (C=O) groups is 1. The van der Waals surface area contributed by atoms with Gasteiger partial charge in [-0.2, -0.15) is 0 Å². The molecule has 0 heterocycles. The summed E-state index contributed by atoms with van der Waals surface area (Å²) in [4.78, 5) is 17.3. The number of nitrogens with zero attached hydrogens (tertiary/aromatic N) is 2. The lowest BCUT2D eigenvalue weighted by atomic mass is 10.0. The summed E-state index contributed by atoms with van der Waals surface area (Å²) in [6.45, 7) is 13.8. The molecule has 2 rings (SSSR count). The Morgan fingerprint density at radius 3 is 2.15 bits per heavy atom. The summed E-state index contributed by atoms with van der Waals surface area (Å²) in [6, 6.07) is 0. The van der Waals surface area contributed by atoms with Gasteiger partial charge in [0.25, 0.3) is 0 Å². The molecule has 2 aliphatic rings. The molecular formula is C17H32N2O. The van der Waals surface area contributed by atoms with Crippen LogP contribution in [0.1, 0.15) is 47.0 Å². The SMILES string of the molecule is CCN(CC)CCN(CC(C)C)C(=O)C1CC2CC2C1. The number of rotatable bonds is 8. The Kier molecular flexibility index (Phi) is 5.48. The van der Waals surface area contributed by atoms with Crippen molar-refractivity contribution in [1.29, 1.82) is 0 Å². The molecular weight excluding hydrogens is 248 g/mol. The monoisotopic (exact) mass is 280 g/mol. The molecule has 0 aromatic carbocycles. The number of hydrogen-bond donors (Lipinski definition) is 0. The van der Waals surface area contributed by atoms with Gasteiger partial charge >= 0.3 is 0 Å². The maximum atomic E-state index is 12.7. The summed E-state index contributed by atoms with van der Waals surface area (Å²) >= 11 is 0. The summed E-state index contributed by atoms with van der Waals surface area (Å²) in [7, 11) is 0. The lowest BCUT2D eigenvalue weighted by Crippen LogP contribution is -2.43. The van der Waals surface area contributed by atoms with E-state index in [2.05, 4.69) is 37.5 Å². The minimum atomic E-state index is 0.342. The lowest BCUT2D eigenvalue weighted by Gasteiger charge is -2.30. The normalized spacial score (nSPS) is 28.0. The van der Waals surface area contributed by atoms with Gasteiger partial charge in [0.2, 0.25) is 5.91 Å². The van der Waals surface area contributed by atoms with Gasteiger partial charge in [-0.25, -0.2) is 0 Å². The highest BCUT2D eigenvalue weighted by atomic mass is 16.2. The number of likely N-dealkylation sites (N-methyl/N-ethyl adjacent to an activating group) is 1. The van der Waals surface area contributed by atoms with Crippen molar-refractivity contribution < 1.29 is 4.79 Å². The molecule has 2 fully saturated rings. The van der Waals surface area contributed by atoms with Crippen LogP contribution < -0.4 is 0 Å². The zero-order chi connectivity index (χ0) is 14.7. The lowest BCUT2D eigenvalue weighted by molar-refractivity contribution is -0.136. The molecule has 20 heavy (non-hydrogen) atoms. The van der Waals surface area contributed by atoms with Gasteiger partial charge in [-0.3, -0.25) is 4.79 Å². The molecule has 3 heteroatoms. The molecule has 0 aromatic heterocycles. The molecule has 2 atom stereocenters. The Balaban J connectivity index is 1.86. The molecule has 116 valence electrons. The van der Waals surface area contributed by atoms with Crippen LogP contribution in [0.3, 0.4) is 0 Å². The smallest absolute Gasteiger partial charge is 0.225 e. The summed E-state index contributed by atoms with van der Waals surface area (Å²) < 4.78 is 0. The standard InChI is InChI=1S/C17H32N2O/c1-5-18(6-2)7-8-19(12-13(3)4)17(20)16-10-14-9-15(14)11-16/h13-16H,5-12H2,1-4H3. The van der Waals surface area contributed by atoms with Crippen molar-refractivity contribution >= 4 is 5.91 Å². The average Bonchev–Trinajstić information content (AvgIpc) is 3.03. The minimum Gasteiger partial charge on any atom is -0.341 e. The van der Waals surface area contributed by atoms with Crippen molar-refractivity contribution in [2.75, 3.05) is 32.7 Å². The van der Waals surface area contributed by atoms with Crippen LogP contribution in [0.4, 0.5) is 0 Å². The summed E-state index contributed by atoms with van der Waals surface area (Å²) in [5.74, 6) is 3.14. The third-order valence-corrected chi connectivity index (χ3v) is 5.07. The summed E-state index contributed by atoms with van der Waals surface area (Å²) in [5.41, 5.74) is 0. The van der Waals surface area contributed by atoms with Crippen LogP contribution in [-0.2, 0) is 4.79 Å². The third-order valence-electron chi connectivity index (χ3n) is 5.07. The zero-order valence-corrected chi connectivity index (χ0v) is 13.8. The number of amides is 1. The van der Waals surface area contributed by atoms with Gasteiger partial charge in [-0.15, -0.1) is 0 Å². The van der Waals surface area contributed by atoms with Crippen LogP contribution in [0, 0.1) is 23.7 Å². The number of fused-ring (bicyclic) bond motifs is 1. The van der Waals surface area contributed by atoms with Crippen molar-refractivity contribution in [2.45, 2.75) is 47.0 Å². The van der Waals surface area contributed by atoms with Crippen molar-refractivity contribution in [3.63, 3.8) is 0 Å². The van der Waals surface area contributed by atoms with E-state index in [1.165, 1.54) is 19.3 Å². The van der Waals surface area contributed by atoms with E-state index in [0.717, 1.165) is 44.6 Å². The van der Waals surface area contributed by atoms with Crippen LogP contribution in [0.2, 0.25) is 0 Å². The second-order valence-corrected chi connectivity index (χ2v) is 7.13. The Labute approximate surface area is 124 Å². The second-order valence-electron chi connectivity index (χ2n) is 7.13. The largest absolute Gasteiger partial charge is 0.341 e. The van der Waals surface area contributed by atoms with Crippen LogP contribution in [-0.4, -0.2) is 48.4 Å². The first-order valence-corrected chi connectivity index (χ1v) is 8.56. The fourth-order valence-electron chi connectivity index (χ4n) is 3.71. The van der Waals surface area contributed by atoms with Crippen LogP contribution >= 0.6 is 0 Å². The first-order chi connectivity index (χ1) is 9.55. The van der Waals surface area contributed by atoms with Gasteiger partial charge in [-0.05, 0) is 50.1 Å². The molecule has 0 spiro atoms. The maximum absolute atomic E-state index is 12.7. The molecule has 1 amide bonds. The molecule has 2 unspecified atom stereocenters. The van der Waals surface area contributed by atoms with Crippen LogP contribution in [0.25, 0.3) is 0 Å². The molecule has 3 nitrogen and oxygen atoms in total. The second kappa shape index (κ2) is 6.93. The quantitative estimate of drug-likeness (QED) is 0.682. The van der Waals surface area contributed by atoms with Gasteiger partial charge in [0.05, 0.1) is 0 Å². The highest BCUT2D eigenvalue weighted by Crippen LogP contribution is 2.54. The number of carbonyl (C=O) groups excluding carboxylic acids is 1. The molecule has 0 bridgehead atoms. The van der Waals surface area contributed by atoms with E-state index in [0.29, 0.717) is 17.7 Å². The molecule has 0 N–H and O–H groups in total. The van der Waals surface area contributed by atoms with Crippen molar-refractivity contribution in [1.82, 2.24) is 9.80 Å². The minimum absolute atomic E-state index is 0.342. The van der Waals surface area contributed by atoms with E-state index in [1.807, 2.05) is 0 Å². The Morgan fingerprint density at radius 1 is 1.05 bits per heavy atom. The Morgan fingerprint density at radius 2 is 1.65 bits per heavy atom. The van der Waals surface area contributed by atoms with E-state index in [1.54, 1.807) is 0 Å². The van der Waals surface area contributed by atoms with Gasteiger partial charge in [0.1, 0.15) is 0 Å². The van der Waals surface area contributed by atoms with Crippen molar-refractivity contribution in [2.24, 2.45) is 23.7 Å². The van der Waals surface area contributed by atoms with E-state index >= 15 is 0 Å². The van der Waals surface area contributed by atoms with Gasteiger partial charge in [-0.1, -0.05) is 27.7 Å². The van der Waals surface area contributed by atoms with Gasteiger partial charge in [0, 0.05) is 25.6 Å². The Hall–Kier alpha value is -0.570. The van der Waals surface area contributed by atoms with E-state index in [-0.39, 0.29) is 0 Å². The highest BCUT2D eigenvalue weighted by molar-refractivity contribution is 5.79. The molecule has 0 radical (unpaired) electrons. The van der Waals surface area contributed by atoms with Gasteiger partial charge in [0.15, 0.2) is 0 Å². The van der Waals surface area contributed by atoms with Crippen LogP contribution in [0.5, 0.6) is 0 Å². The predicted molar refractivity (Wildman–Crippen MR) is 83.5 cm³/mol. The number of hydrogen-bond acceptors (Lipinski definition) is 2. The van der Waals surface area contributed by atoms with Crippen LogP contribution in [0.15, 0.2) is 0 Å². The highest BCUT2D eigenvalue weighted by Gasteiger charge is 2.48. The summed E-state index contributed by atoms with van der Waals surface area (Å²) in [5, 5.41) is 0. The first kappa shape index (κ1) is 15.8. The molecule has 0 saturated heterocycles. The van der Waals surface area contributed by atoms with Crippen molar-refractivity contribution in [3.8, 4) is 0 Å². The fourth-order valence-corrected chi connectivity index (χ4v) is 3.71.